The van der Waals surface area contributed by atoms with E-state index in [1.807, 2.05) is 24.1 Å². The lowest BCUT2D eigenvalue weighted by Crippen LogP contribution is -2.30. The molecule has 2 N–H and O–H groups in total. The minimum absolute atomic E-state index is 0.155. The van der Waals surface area contributed by atoms with Gasteiger partial charge in [0.15, 0.2) is 0 Å². The number of hydrogen-bond acceptors (Lipinski definition) is 2. The summed E-state index contributed by atoms with van der Waals surface area (Å²) in [6.07, 6.45) is 7.58. The highest BCUT2D eigenvalue weighted by Crippen LogP contribution is 2.38. The predicted octanol–water partition coefficient (Wildman–Crippen LogP) is 2.49. The average molecular weight is 221 g/mol. The first-order chi connectivity index (χ1) is 7.59. The Morgan fingerprint density at radius 1 is 1.38 bits per heavy atom. The third kappa shape index (κ3) is 2.14. The summed E-state index contributed by atoms with van der Waals surface area (Å²) in [5.74, 6) is 2.29. The normalized spacial score (nSPS) is 32.6. The van der Waals surface area contributed by atoms with Crippen LogP contribution in [-0.4, -0.2) is 9.55 Å². The Labute approximate surface area is 98.1 Å². The topological polar surface area (TPSA) is 43.8 Å². The number of imidazole rings is 1. The Morgan fingerprint density at radius 2 is 2.12 bits per heavy atom. The van der Waals surface area contributed by atoms with Gasteiger partial charge in [0, 0.05) is 19.3 Å². The van der Waals surface area contributed by atoms with Gasteiger partial charge in [-0.1, -0.05) is 20.3 Å². The zero-order chi connectivity index (χ0) is 11.7. The van der Waals surface area contributed by atoms with Crippen LogP contribution in [0.4, 0.5) is 0 Å². The van der Waals surface area contributed by atoms with Gasteiger partial charge in [0.1, 0.15) is 0 Å². The van der Waals surface area contributed by atoms with E-state index in [0.717, 1.165) is 11.8 Å². The molecule has 3 nitrogen and oxygen atoms in total. The molecule has 1 aromatic heterocycles. The Kier molecular flexibility index (Phi) is 3.33. The summed E-state index contributed by atoms with van der Waals surface area (Å²) in [7, 11) is 2.02. The van der Waals surface area contributed by atoms with Gasteiger partial charge in [0.25, 0.3) is 0 Å². The van der Waals surface area contributed by atoms with Crippen LogP contribution in [0.3, 0.4) is 0 Å². The van der Waals surface area contributed by atoms with Crippen LogP contribution >= 0.6 is 0 Å². The largest absolute Gasteiger partial charge is 0.336 e. The third-order valence-corrected chi connectivity index (χ3v) is 4.34. The molecule has 2 rings (SSSR count). The first-order valence-electron chi connectivity index (χ1n) is 6.31. The van der Waals surface area contributed by atoms with Crippen LogP contribution < -0.4 is 5.73 Å². The van der Waals surface area contributed by atoms with E-state index >= 15 is 0 Å². The van der Waals surface area contributed by atoms with E-state index < -0.39 is 0 Å². The van der Waals surface area contributed by atoms with E-state index in [-0.39, 0.29) is 6.04 Å². The van der Waals surface area contributed by atoms with Gasteiger partial charge >= 0.3 is 0 Å². The molecule has 0 spiro atoms. The first-order valence-corrected chi connectivity index (χ1v) is 6.31. The van der Waals surface area contributed by atoms with Crippen molar-refractivity contribution in [2.75, 3.05) is 0 Å². The Bertz CT molecular complexity index is 345. The van der Waals surface area contributed by atoms with Crippen molar-refractivity contribution in [3.63, 3.8) is 0 Å². The molecule has 1 aromatic rings. The Balaban J connectivity index is 2.06. The Morgan fingerprint density at radius 3 is 2.69 bits per heavy atom. The van der Waals surface area contributed by atoms with Gasteiger partial charge in [-0.25, -0.2) is 4.98 Å². The van der Waals surface area contributed by atoms with Crippen molar-refractivity contribution in [3.8, 4) is 0 Å². The summed E-state index contributed by atoms with van der Waals surface area (Å²) >= 11 is 0. The second kappa shape index (κ2) is 4.58. The zero-order valence-corrected chi connectivity index (χ0v) is 10.6. The molecule has 1 fully saturated rings. The van der Waals surface area contributed by atoms with Crippen molar-refractivity contribution in [2.24, 2.45) is 30.5 Å². The molecule has 0 saturated heterocycles. The van der Waals surface area contributed by atoms with Crippen molar-refractivity contribution in [2.45, 2.75) is 39.2 Å². The maximum Gasteiger partial charge on any atom is 0.0946 e. The molecule has 0 amide bonds. The molecule has 3 heteroatoms. The second-order valence-electron chi connectivity index (χ2n) is 5.48. The molecular formula is C13H23N3. The second-order valence-corrected chi connectivity index (χ2v) is 5.48. The Hall–Kier alpha value is -0.830. The molecule has 1 saturated carbocycles. The van der Waals surface area contributed by atoms with Gasteiger partial charge in [-0.2, -0.15) is 0 Å². The molecule has 0 aliphatic heterocycles. The van der Waals surface area contributed by atoms with E-state index in [2.05, 4.69) is 18.8 Å². The van der Waals surface area contributed by atoms with E-state index in [0.29, 0.717) is 5.92 Å². The fraction of sp³-hybridized carbons (Fsp3) is 0.769. The molecule has 4 unspecified atom stereocenters. The number of nitrogens with two attached hydrogens (primary N) is 1. The van der Waals surface area contributed by atoms with Crippen molar-refractivity contribution in [3.05, 3.63) is 18.2 Å². The molecule has 1 aliphatic carbocycles. The molecule has 1 heterocycles. The molecule has 0 aromatic carbocycles. The predicted molar refractivity (Wildman–Crippen MR) is 65.8 cm³/mol. The zero-order valence-electron chi connectivity index (χ0n) is 10.6. The van der Waals surface area contributed by atoms with Crippen molar-refractivity contribution < 1.29 is 0 Å². The van der Waals surface area contributed by atoms with Gasteiger partial charge in [0.2, 0.25) is 0 Å². The SMILES string of the molecule is CC1CCC(C(N)c2cncn2C)CC1C. The lowest BCUT2D eigenvalue weighted by atomic mass is 9.73. The fourth-order valence-electron chi connectivity index (χ4n) is 2.85. The first kappa shape index (κ1) is 11.6. The lowest BCUT2D eigenvalue weighted by molar-refractivity contribution is 0.183. The van der Waals surface area contributed by atoms with E-state index in [1.54, 1.807) is 0 Å². The molecule has 90 valence electrons. The smallest absolute Gasteiger partial charge is 0.0946 e. The van der Waals surface area contributed by atoms with Gasteiger partial charge in [-0.15, -0.1) is 0 Å². The summed E-state index contributed by atoms with van der Waals surface area (Å²) in [5.41, 5.74) is 7.53. The van der Waals surface area contributed by atoms with E-state index in [1.165, 1.54) is 25.0 Å². The average Bonchev–Trinajstić information content (AvgIpc) is 2.67. The molecule has 1 aliphatic rings. The van der Waals surface area contributed by atoms with Gasteiger partial charge in [-0.3, -0.25) is 0 Å². The molecule has 4 atom stereocenters. The highest BCUT2D eigenvalue weighted by atomic mass is 15.0. The van der Waals surface area contributed by atoms with Crippen molar-refractivity contribution in [1.29, 1.82) is 0 Å². The van der Waals surface area contributed by atoms with Crippen LogP contribution in [-0.2, 0) is 7.05 Å². The summed E-state index contributed by atoms with van der Waals surface area (Å²) in [6.45, 7) is 4.71. The number of aromatic nitrogens is 2. The quantitative estimate of drug-likeness (QED) is 0.834. The van der Waals surface area contributed by atoms with Crippen molar-refractivity contribution >= 4 is 0 Å². The van der Waals surface area contributed by atoms with E-state index in [9.17, 15) is 0 Å². The van der Waals surface area contributed by atoms with Gasteiger partial charge < -0.3 is 10.3 Å². The molecular weight excluding hydrogens is 198 g/mol. The maximum atomic E-state index is 6.36. The summed E-state index contributed by atoms with van der Waals surface area (Å²) in [4.78, 5) is 4.15. The highest BCUT2D eigenvalue weighted by Gasteiger charge is 2.30. The monoisotopic (exact) mass is 221 g/mol. The number of aryl methyl sites for hydroxylation is 1. The molecule has 0 radical (unpaired) electrons. The fourth-order valence-corrected chi connectivity index (χ4v) is 2.85. The summed E-state index contributed by atoms with van der Waals surface area (Å²) in [6, 6.07) is 0.155. The minimum Gasteiger partial charge on any atom is -0.336 e. The highest BCUT2D eigenvalue weighted by molar-refractivity contribution is 5.06. The van der Waals surface area contributed by atoms with Crippen LogP contribution in [0.1, 0.15) is 44.8 Å². The van der Waals surface area contributed by atoms with Crippen LogP contribution in [0, 0.1) is 17.8 Å². The maximum absolute atomic E-state index is 6.36. The number of nitrogens with zero attached hydrogens (tertiary/aromatic N) is 2. The van der Waals surface area contributed by atoms with Crippen LogP contribution in [0.5, 0.6) is 0 Å². The van der Waals surface area contributed by atoms with Crippen LogP contribution in [0.25, 0.3) is 0 Å². The van der Waals surface area contributed by atoms with Crippen molar-refractivity contribution in [1.82, 2.24) is 9.55 Å². The van der Waals surface area contributed by atoms with Gasteiger partial charge in [-0.05, 0) is 30.6 Å². The van der Waals surface area contributed by atoms with Crippen LogP contribution in [0.15, 0.2) is 12.5 Å². The molecule has 16 heavy (non-hydrogen) atoms. The minimum atomic E-state index is 0.155. The standard InChI is InChI=1S/C13H23N3/c1-9-4-5-11(6-10(9)2)13(14)12-7-15-8-16(12)3/h7-11,13H,4-6,14H2,1-3H3. The van der Waals surface area contributed by atoms with E-state index in [4.69, 9.17) is 5.73 Å². The third-order valence-electron chi connectivity index (χ3n) is 4.34. The lowest BCUT2D eigenvalue weighted by Gasteiger charge is -2.35. The van der Waals surface area contributed by atoms with Crippen LogP contribution in [0.2, 0.25) is 0 Å². The number of hydrogen-bond donors (Lipinski definition) is 1. The summed E-state index contributed by atoms with van der Waals surface area (Å²) in [5, 5.41) is 0. The summed E-state index contributed by atoms with van der Waals surface area (Å²) < 4.78 is 2.05. The molecule has 0 bridgehead atoms. The van der Waals surface area contributed by atoms with Gasteiger partial charge in [0.05, 0.1) is 12.0 Å². The number of rotatable bonds is 2.